The maximum Gasteiger partial charge on any atom is 0.262 e. The Labute approximate surface area is 176 Å². The van der Waals surface area contributed by atoms with Gasteiger partial charge in [-0.15, -0.1) is 11.3 Å². The maximum atomic E-state index is 13.3. The lowest BCUT2D eigenvalue weighted by atomic mass is 9.97. The van der Waals surface area contributed by atoms with Crippen LogP contribution in [0.3, 0.4) is 0 Å². The normalized spacial score (nSPS) is 16.4. The topological polar surface area (TPSA) is 72.2 Å². The van der Waals surface area contributed by atoms with Crippen molar-refractivity contribution in [3.05, 3.63) is 56.5 Å². The Morgan fingerprint density at radius 3 is 2.90 bits per heavy atom. The number of phenols is 1. The summed E-state index contributed by atoms with van der Waals surface area (Å²) in [5.74, 6) is 1.08. The van der Waals surface area contributed by atoms with Crippen LogP contribution >= 0.6 is 23.1 Å². The third-order valence-corrected chi connectivity index (χ3v) is 8.03. The molecule has 3 aromatic rings. The molecule has 1 aliphatic heterocycles. The summed E-state index contributed by atoms with van der Waals surface area (Å²) >= 11 is 2.99. The summed E-state index contributed by atoms with van der Waals surface area (Å²) in [6.07, 6.45) is 6.28. The quantitative estimate of drug-likeness (QED) is 0.625. The van der Waals surface area contributed by atoms with Crippen molar-refractivity contribution >= 4 is 44.5 Å². The van der Waals surface area contributed by atoms with Gasteiger partial charge in [0.15, 0.2) is 0 Å². The number of aromatic hydroxyl groups is 1. The van der Waals surface area contributed by atoms with Crippen LogP contribution in [0.4, 0.5) is 0 Å². The number of aldehydes is 1. The monoisotopic (exact) mass is 424 g/mol. The minimum atomic E-state index is 0.0701. The number of carbonyl (C=O) groups is 1. The van der Waals surface area contributed by atoms with Crippen molar-refractivity contribution in [3.8, 4) is 5.75 Å². The van der Waals surface area contributed by atoms with Gasteiger partial charge in [0.1, 0.15) is 22.7 Å². The Bertz CT molecular complexity index is 1220. The Morgan fingerprint density at radius 1 is 1.17 bits per heavy atom. The lowest BCUT2D eigenvalue weighted by molar-refractivity contribution is -0.105. The number of aryl methyl sites for hydroxylation is 2. The molecule has 0 atom stereocenters. The molecule has 0 bridgehead atoms. The number of benzene rings is 1. The molecule has 0 amide bonds. The number of carbonyl (C=O) groups excluding carboxylic acids is 1. The average molecular weight is 425 g/mol. The zero-order valence-electron chi connectivity index (χ0n) is 15.8. The number of aromatic nitrogens is 2. The molecule has 0 fully saturated rings. The van der Waals surface area contributed by atoms with E-state index < -0.39 is 0 Å². The van der Waals surface area contributed by atoms with Gasteiger partial charge in [-0.2, -0.15) is 0 Å². The molecule has 148 valence electrons. The Hall–Kier alpha value is -2.38. The molecule has 2 aliphatic rings. The van der Waals surface area contributed by atoms with Gasteiger partial charge in [-0.05, 0) is 49.4 Å². The number of hydrogen-bond acceptors (Lipinski definition) is 6. The molecular weight excluding hydrogens is 404 g/mol. The molecule has 0 radical (unpaired) electrons. The molecule has 0 unspecified atom stereocenters. The van der Waals surface area contributed by atoms with E-state index in [1.54, 1.807) is 18.2 Å². The summed E-state index contributed by atoms with van der Waals surface area (Å²) in [4.78, 5) is 33.5. The summed E-state index contributed by atoms with van der Waals surface area (Å²) < 4.78 is 1.86. The molecule has 5 rings (SSSR count). The molecule has 7 heteroatoms. The molecule has 1 N–H and O–H groups in total. The highest BCUT2D eigenvalue weighted by molar-refractivity contribution is 8.08. The molecule has 0 spiro atoms. The first-order valence-electron chi connectivity index (χ1n) is 9.86. The fourth-order valence-corrected chi connectivity index (χ4v) is 6.68. The van der Waals surface area contributed by atoms with Crippen LogP contribution in [0.25, 0.3) is 15.1 Å². The Balaban J connectivity index is 1.69. The third kappa shape index (κ3) is 3.22. The lowest BCUT2D eigenvalue weighted by Gasteiger charge is -2.17. The van der Waals surface area contributed by atoms with E-state index in [4.69, 9.17) is 4.98 Å². The average Bonchev–Trinajstić information content (AvgIpc) is 2.92. The van der Waals surface area contributed by atoms with E-state index in [-0.39, 0.29) is 11.3 Å². The van der Waals surface area contributed by atoms with Gasteiger partial charge in [0.2, 0.25) is 0 Å². The molecule has 0 saturated heterocycles. The van der Waals surface area contributed by atoms with Crippen molar-refractivity contribution < 1.29 is 9.90 Å². The first kappa shape index (κ1) is 18.6. The second kappa shape index (κ2) is 7.46. The van der Waals surface area contributed by atoms with Crippen molar-refractivity contribution in [1.29, 1.82) is 0 Å². The van der Waals surface area contributed by atoms with Crippen molar-refractivity contribution in [2.24, 2.45) is 0 Å². The number of thiophene rings is 1. The molecule has 5 nitrogen and oxygen atoms in total. The second-order valence-electron chi connectivity index (χ2n) is 7.46. The third-order valence-electron chi connectivity index (χ3n) is 5.59. The maximum absolute atomic E-state index is 13.3. The standard InChI is InChI=1S/C22H20N2O3S2/c25-12-13-8-9-16-18-21(23-17-7-2-1-3-10-24(17)22(18)27)29-20(16)19(13)28-15-6-4-5-14(26)11-15/h4-6,11-12,26H,1-3,7-10H2. The number of hydrogen-bond donors (Lipinski definition) is 1. The second-order valence-corrected chi connectivity index (χ2v) is 9.54. The molecule has 1 aliphatic carbocycles. The van der Waals surface area contributed by atoms with Gasteiger partial charge < -0.3 is 5.11 Å². The minimum Gasteiger partial charge on any atom is -0.508 e. The highest BCUT2D eigenvalue weighted by Gasteiger charge is 2.28. The van der Waals surface area contributed by atoms with E-state index in [2.05, 4.69) is 0 Å². The number of thioether (sulfide) groups is 1. The Kier molecular flexibility index (Phi) is 4.80. The minimum absolute atomic E-state index is 0.0701. The van der Waals surface area contributed by atoms with Crippen LogP contribution < -0.4 is 5.56 Å². The number of nitrogens with zero attached hydrogens (tertiary/aromatic N) is 2. The van der Waals surface area contributed by atoms with Crippen molar-refractivity contribution in [1.82, 2.24) is 9.55 Å². The number of fused-ring (bicyclic) bond motifs is 4. The van der Waals surface area contributed by atoms with E-state index in [0.717, 1.165) is 80.4 Å². The lowest BCUT2D eigenvalue weighted by Crippen LogP contribution is -2.24. The molecule has 0 saturated carbocycles. The van der Waals surface area contributed by atoms with E-state index in [1.807, 2.05) is 10.6 Å². The van der Waals surface area contributed by atoms with Gasteiger partial charge in [0.25, 0.3) is 5.56 Å². The summed E-state index contributed by atoms with van der Waals surface area (Å²) in [5, 5.41) is 10.5. The summed E-state index contributed by atoms with van der Waals surface area (Å²) in [7, 11) is 0. The van der Waals surface area contributed by atoms with Gasteiger partial charge in [0.05, 0.1) is 5.39 Å². The van der Waals surface area contributed by atoms with Crippen LogP contribution in [-0.4, -0.2) is 20.9 Å². The van der Waals surface area contributed by atoms with Crippen molar-refractivity contribution in [3.63, 3.8) is 0 Å². The predicted octanol–water partition coefficient (Wildman–Crippen LogP) is 4.54. The zero-order valence-corrected chi connectivity index (χ0v) is 17.4. The van der Waals surface area contributed by atoms with Gasteiger partial charge in [-0.25, -0.2) is 4.98 Å². The predicted molar refractivity (Wildman–Crippen MR) is 117 cm³/mol. The molecule has 1 aromatic carbocycles. The van der Waals surface area contributed by atoms with Gasteiger partial charge in [-0.3, -0.25) is 14.2 Å². The summed E-state index contributed by atoms with van der Waals surface area (Å²) in [6, 6.07) is 7.02. The number of rotatable bonds is 3. The van der Waals surface area contributed by atoms with Crippen LogP contribution in [-0.2, 0) is 24.2 Å². The van der Waals surface area contributed by atoms with Gasteiger partial charge >= 0.3 is 0 Å². The smallest absolute Gasteiger partial charge is 0.262 e. The van der Waals surface area contributed by atoms with Crippen LogP contribution in [0.15, 0.2) is 39.5 Å². The van der Waals surface area contributed by atoms with Gasteiger partial charge in [0, 0.05) is 33.2 Å². The van der Waals surface area contributed by atoms with Crippen molar-refractivity contribution in [2.45, 2.75) is 50.0 Å². The van der Waals surface area contributed by atoms with Crippen molar-refractivity contribution in [2.75, 3.05) is 0 Å². The van der Waals surface area contributed by atoms with Crippen LogP contribution in [0.2, 0.25) is 0 Å². The zero-order chi connectivity index (χ0) is 20.0. The molecular formula is C22H20N2O3S2. The highest BCUT2D eigenvalue weighted by atomic mass is 32.2. The number of allylic oxidation sites excluding steroid dienone is 1. The van der Waals surface area contributed by atoms with Crippen LogP contribution in [0, 0.1) is 0 Å². The fourth-order valence-electron chi connectivity index (χ4n) is 4.16. The summed E-state index contributed by atoms with van der Waals surface area (Å²) in [5.41, 5.74) is 1.84. The largest absolute Gasteiger partial charge is 0.508 e. The number of phenolic OH excluding ortho intramolecular Hbond substituents is 1. The first-order chi connectivity index (χ1) is 14.2. The molecule has 29 heavy (non-hydrogen) atoms. The van der Waals surface area contributed by atoms with E-state index in [9.17, 15) is 14.7 Å². The van der Waals surface area contributed by atoms with Crippen LogP contribution in [0.5, 0.6) is 5.75 Å². The highest BCUT2D eigenvalue weighted by Crippen LogP contribution is 2.47. The van der Waals surface area contributed by atoms with E-state index in [1.165, 1.54) is 23.1 Å². The fraction of sp³-hybridized carbons (Fsp3) is 0.318. The van der Waals surface area contributed by atoms with E-state index >= 15 is 0 Å². The molecule has 2 aromatic heterocycles. The Morgan fingerprint density at radius 2 is 2.07 bits per heavy atom. The summed E-state index contributed by atoms with van der Waals surface area (Å²) in [6.45, 7) is 0.738. The molecule has 3 heterocycles. The first-order valence-corrected chi connectivity index (χ1v) is 11.5. The van der Waals surface area contributed by atoms with Gasteiger partial charge in [-0.1, -0.05) is 24.2 Å². The SMILES string of the molecule is O=CC1=C(Sc2cccc(O)c2)c2sc3nc4n(c(=O)c3c2CC1)CCCCC4. The van der Waals surface area contributed by atoms with E-state index in [0.29, 0.717) is 12.8 Å². The van der Waals surface area contributed by atoms with Crippen LogP contribution in [0.1, 0.15) is 41.9 Å².